The molecule has 0 saturated carbocycles. The van der Waals surface area contributed by atoms with Crippen molar-refractivity contribution in [2.45, 2.75) is 50.2 Å². The molecule has 2 fully saturated rings. The molecule has 2 aromatic rings. The lowest BCUT2D eigenvalue weighted by atomic mass is 9.76. The molecule has 8 nitrogen and oxygen atoms in total. The molecule has 0 spiro atoms. The Labute approximate surface area is 204 Å². The van der Waals surface area contributed by atoms with E-state index in [1.54, 1.807) is 0 Å². The van der Waals surface area contributed by atoms with Crippen LogP contribution in [0.15, 0.2) is 54.6 Å². The number of amides is 3. The van der Waals surface area contributed by atoms with E-state index in [9.17, 15) is 19.2 Å². The number of hydrogen-bond donors (Lipinski definition) is 2. The lowest BCUT2D eigenvalue weighted by molar-refractivity contribution is -0.148. The number of benzene rings is 2. The lowest BCUT2D eigenvalue weighted by Crippen LogP contribution is -2.54. The van der Waals surface area contributed by atoms with Crippen LogP contribution in [0.3, 0.4) is 0 Å². The van der Waals surface area contributed by atoms with E-state index in [-0.39, 0.29) is 24.7 Å². The van der Waals surface area contributed by atoms with Gasteiger partial charge in [-0.1, -0.05) is 48.5 Å². The van der Waals surface area contributed by atoms with Gasteiger partial charge < -0.3 is 20.3 Å². The van der Waals surface area contributed by atoms with Gasteiger partial charge in [0.1, 0.15) is 6.04 Å². The van der Waals surface area contributed by atoms with Crippen molar-refractivity contribution in [1.29, 1.82) is 0 Å². The zero-order valence-electron chi connectivity index (χ0n) is 19.4. The third-order valence-corrected chi connectivity index (χ3v) is 7.19. The van der Waals surface area contributed by atoms with E-state index < -0.39 is 35.9 Å². The Bertz CT molecular complexity index is 1130. The van der Waals surface area contributed by atoms with Crippen molar-refractivity contribution in [1.82, 2.24) is 10.2 Å². The molecule has 3 amide bonds. The Balaban J connectivity index is 1.55. The van der Waals surface area contributed by atoms with Gasteiger partial charge in [0.2, 0.25) is 11.8 Å². The maximum Gasteiger partial charge on any atom is 0.306 e. The Morgan fingerprint density at radius 3 is 2.43 bits per heavy atom. The number of nitrogens with zero attached hydrogens (tertiary/aromatic N) is 1. The molecule has 1 unspecified atom stereocenters. The number of cyclic esters (lactones) is 1. The standard InChI is InChI=1S/C27H29N3O5/c31-22-13-12-21(35-22)25(32)29-24-19(16-18-10-4-5-11-20(18)28-26(24)33)23(17-8-2-1-3-9-17)27(34)30-14-6-7-15-30/h1-5,8-11,19,21,23-24H,6-7,12-16H2,(H,28,33)(H,29,32)/t19-,21-,23?,24+/m0/s1. The number of ether oxygens (including phenoxy) is 1. The highest BCUT2D eigenvalue weighted by molar-refractivity contribution is 6.00. The Morgan fingerprint density at radius 1 is 1.00 bits per heavy atom. The van der Waals surface area contributed by atoms with Crippen LogP contribution in [0.25, 0.3) is 0 Å². The molecule has 2 N–H and O–H groups in total. The second kappa shape index (κ2) is 9.90. The van der Waals surface area contributed by atoms with E-state index in [1.165, 1.54) is 0 Å². The second-order valence-electron chi connectivity index (χ2n) is 9.44. The van der Waals surface area contributed by atoms with Gasteiger partial charge in [-0.05, 0) is 36.5 Å². The summed E-state index contributed by atoms with van der Waals surface area (Å²) in [5, 5.41) is 5.79. The molecule has 3 aliphatic rings. The third kappa shape index (κ3) is 4.78. The van der Waals surface area contributed by atoms with E-state index in [1.807, 2.05) is 59.5 Å². The Hall–Kier alpha value is -3.68. The maximum atomic E-state index is 13.9. The van der Waals surface area contributed by atoms with Gasteiger partial charge in [0, 0.05) is 37.5 Å². The molecule has 5 rings (SSSR count). The van der Waals surface area contributed by atoms with E-state index in [4.69, 9.17) is 4.74 Å². The van der Waals surface area contributed by atoms with Crippen molar-refractivity contribution in [3.05, 3.63) is 65.7 Å². The van der Waals surface area contributed by atoms with Gasteiger partial charge in [0.15, 0.2) is 6.10 Å². The predicted molar refractivity (Wildman–Crippen MR) is 128 cm³/mol. The van der Waals surface area contributed by atoms with Gasteiger partial charge in [-0.25, -0.2) is 0 Å². The number of anilines is 1. The van der Waals surface area contributed by atoms with Crippen LogP contribution in [-0.4, -0.2) is 53.8 Å². The number of para-hydroxylation sites is 1. The molecule has 182 valence electrons. The van der Waals surface area contributed by atoms with E-state index >= 15 is 0 Å². The van der Waals surface area contributed by atoms with Crippen LogP contribution in [0.4, 0.5) is 5.69 Å². The molecule has 35 heavy (non-hydrogen) atoms. The first-order valence-electron chi connectivity index (χ1n) is 12.2. The third-order valence-electron chi connectivity index (χ3n) is 7.19. The molecule has 0 aromatic heterocycles. The first kappa shape index (κ1) is 23.1. The summed E-state index contributed by atoms with van der Waals surface area (Å²) in [6.45, 7) is 1.37. The highest BCUT2D eigenvalue weighted by Crippen LogP contribution is 2.37. The van der Waals surface area contributed by atoms with Crippen molar-refractivity contribution in [3.63, 3.8) is 0 Å². The summed E-state index contributed by atoms with van der Waals surface area (Å²) in [7, 11) is 0. The molecular weight excluding hydrogens is 446 g/mol. The summed E-state index contributed by atoms with van der Waals surface area (Å²) in [4.78, 5) is 53.9. The molecule has 8 heteroatoms. The van der Waals surface area contributed by atoms with Crippen LogP contribution in [0.5, 0.6) is 0 Å². The van der Waals surface area contributed by atoms with E-state index in [2.05, 4.69) is 10.6 Å². The van der Waals surface area contributed by atoms with Gasteiger partial charge in [0.25, 0.3) is 5.91 Å². The quantitative estimate of drug-likeness (QED) is 0.647. The van der Waals surface area contributed by atoms with Gasteiger partial charge in [-0.15, -0.1) is 0 Å². The largest absolute Gasteiger partial charge is 0.452 e. The zero-order valence-corrected chi connectivity index (χ0v) is 19.4. The summed E-state index contributed by atoms with van der Waals surface area (Å²) < 4.78 is 5.14. The molecule has 0 radical (unpaired) electrons. The van der Waals surface area contributed by atoms with Crippen LogP contribution < -0.4 is 10.6 Å². The summed E-state index contributed by atoms with van der Waals surface area (Å²) >= 11 is 0. The van der Waals surface area contributed by atoms with Crippen molar-refractivity contribution >= 4 is 29.4 Å². The summed E-state index contributed by atoms with van der Waals surface area (Å²) in [6, 6.07) is 16.0. The molecule has 3 heterocycles. The summed E-state index contributed by atoms with van der Waals surface area (Å²) in [5.41, 5.74) is 2.39. The molecule has 0 bridgehead atoms. The minimum Gasteiger partial charge on any atom is -0.452 e. The van der Waals surface area contributed by atoms with Crippen LogP contribution >= 0.6 is 0 Å². The van der Waals surface area contributed by atoms with Crippen LogP contribution in [0, 0.1) is 5.92 Å². The number of carbonyl (C=O) groups is 4. The fourth-order valence-corrected chi connectivity index (χ4v) is 5.40. The minimum atomic E-state index is -0.981. The topological polar surface area (TPSA) is 105 Å². The number of nitrogens with one attached hydrogen (secondary N) is 2. The van der Waals surface area contributed by atoms with Crippen LogP contribution in [0.2, 0.25) is 0 Å². The average Bonchev–Trinajstić information content (AvgIpc) is 3.53. The van der Waals surface area contributed by atoms with Crippen molar-refractivity contribution < 1.29 is 23.9 Å². The highest BCUT2D eigenvalue weighted by atomic mass is 16.6. The second-order valence-corrected chi connectivity index (χ2v) is 9.44. The maximum absolute atomic E-state index is 13.9. The Kier molecular flexibility index (Phi) is 6.53. The first-order chi connectivity index (χ1) is 17.0. The minimum absolute atomic E-state index is 0.0302. The Morgan fingerprint density at radius 2 is 1.71 bits per heavy atom. The molecular formula is C27H29N3O5. The molecule has 3 aliphatic heterocycles. The van der Waals surface area contributed by atoms with Gasteiger partial charge in [-0.3, -0.25) is 19.2 Å². The van der Waals surface area contributed by atoms with Crippen molar-refractivity contribution in [2.75, 3.05) is 18.4 Å². The zero-order chi connectivity index (χ0) is 24.4. The number of fused-ring (bicyclic) bond motifs is 1. The number of rotatable bonds is 5. The molecule has 0 aliphatic carbocycles. The molecule has 2 aromatic carbocycles. The van der Waals surface area contributed by atoms with Crippen molar-refractivity contribution in [3.8, 4) is 0 Å². The van der Waals surface area contributed by atoms with Crippen LogP contribution in [-0.2, 0) is 30.3 Å². The smallest absolute Gasteiger partial charge is 0.306 e. The van der Waals surface area contributed by atoms with Gasteiger partial charge in [0.05, 0.1) is 5.92 Å². The first-order valence-corrected chi connectivity index (χ1v) is 12.2. The van der Waals surface area contributed by atoms with E-state index in [0.717, 1.165) is 24.0 Å². The van der Waals surface area contributed by atoms with Gasteiger partial charge >= 0.3 is 5.97 Å². The normalized spacial score (nSPS) is 24.7. The fourth-order valence-electron chi connectivity index (χ4n) is 5.40. The van der Waals surface area contributed by atoms with Crippen molar-refractivity contribution in [2.24, 2.45) is 5.92 Å². The number of likely N-dealkylation sites (tertiary alicyclic amines) is 1. The highest BCUT2D eigenvalue weighted by Gasteiger charge is 2.44. The SMILES string of the molecule is O=C1CC[C@@H](C(=O)N[C@H]2C(=O)Nc3ccccc3C[C@H]2C(C(=O)N2CCCC2)c2ccccc2)O1. The van der Waals surface area contributed by atoms with Gasteiger partial charge in [-0.2, -0.15) is 0 Å². The lowest BCUT2D eigenvalue weighted by Gasteiger charge is -2.34. The summed E-state index contributed by atoms with van der Waals surface area (Å²) in [6.07, 6.45) is 1.85. The predicted octanol–water partition coefficient (Wildman–Crippen LogP) is 2.39. The van der Waals surface area contributed by atoms with Crippen LogP contribution in [0.1, 0.15) is 42.7 Å². The average molecular weight is 476 g/mol. The number of carbonyl (C=O) groups excluding carboxylic acids is 4. The number of hydrogen-bond acceptors (Lipinski definition) is 5. The molecule has 4 atom stereocenters. The summed E-state index contributed by atoms with van der Waals surface area (Å²) in [5.74, 6) is -2.50. The van der Waals surface area contributed by atoms with E-state index in [0.29, 0.717) is 25.2 Å². The fraction of sp³-hybridized carbons (Fsp3) is 0.407. The molecule has 2 saturated heterocycles. The monoisotopic (exact) mass is 475 g/mol. The number of esters is 1.